The highest BCUT2D eigenvalue weighted by Gasteiger charge is 2.55. The van der Waals surface area contributed by atoms with E-state index in [0.717, 1.165) is 48.4 Å². The topological polar surface area (TPSA) is 76.7 Å². The van der Waals surface area contributed by atoms with Gasteiger partial charge in [-0.3, -0.25) is 4.90 Å². The number of H-pyrrole nitrogens is 1. The first kappa shape index (κ1) is 23.4. The number of nitrogens with zero attached hydrogens (tertiary/aromatic N) is 2. The Labute approximate surface area is 202 Å². The number of imidazole rings is 1. The summed E-state index contributed by atoms with van der Waals surface area (Å²) in [6.45, 7) is 14.7. The summed E-state index contributed by atoms with van der Waals surface area (Å²) in [5.41, 5.74) is 1.93. The molecule has 1 aromatic carbocycles. The molecule has 3 heterocycles. The number of likely N-dealkylation sites (tertiary alicyclic amines) is 1. The molecule has 7 nitrogen and oxygen atoms in total. The number of ether oxygens (including phenoxy) is 1. The van der Waals surface area contributed by atoms with E-state index in [2.05, 4.69) is 49.8 Å². The van der Waals surface area contributed by atoms with Gasteiger partial charge in [0.25, 0.3) is 0 Å². The van der Waals surface area contributed by atoms with Gasteiger partial charge >= 0.3 is 13.2 Å². The van der Waals surface area contributed by atoms with Gasteiger partial charge in [0.15, 0.2) is 0 Å². The van der Waals surface area contributed by atoms with Gasteiger partial charge in [0.2, 0.25) is 0 Å². The van der Waals surface area contributed by atoms with Gasteiger partial charge in [-0.1, -0.05) is 24.3 Å². The van der Waals surface area contributed by atoms with Crippen molar-refractivity contribution < 1.29 is 18.8 Å². The molecule has 2 aromatic rings. The number of hydrogen-bond donors (Lipinski definition) is 1. The summed E-state index contributed by atoms with van der Waals surface area (Å²) in [6.07, 6.45) is 4.85. The van der Waals surface area contributed by atoms with Crippen molar-refractivity contribution >= 4 is 18.7 Å². The van der Waals surface area contributed by atoms with E-state index < -0.39 is 5.60 Å². The number of benzene rings is 1. The van der Waals surface area contributed by atoms with E-state index in [1.54, 1.807) is 0 Å². The number of nitrogens with one attached hydrogen (secondary N) is 1. The lowest BCUT2D eigenvalue weighted by Gasteiger charge is -2.32. The lowest BCUT2D eigenvalue weighted by Crippen LogP contribution is -2.41. The highest BCUT2D eigenvalue weighted by atomic mass is 16.7. The van der Waals surface area contributed by atoms with Crippen molar-refractivity contribution in [3.8, 4) is 11.3 Å². The number of amides is 1. The largest absolute Gasteiger partial charge is 0.494 e. The van der Waals surface area contributed by atoms with E-state index in [1.165, 1.54) is 0 Å². The third kappa shape index (κ3) is 4.26. The number of carbonyl (C=O) groups excluding carboxylic acids is 1. The molecular weight excluding hydrogens is 429 g/mol. The summed E-state index contributed by atoms with van der Waals surface area (Å²) < 4.78 is 18.0. The van der Waals surface area contributed by atoms with Crippen LogP contribution in [-0.4, -0.2) is 51.4 Å². The van der Waals surface area contributed by atoms with Gasteiger partial charge in [0.05, 0.1) is 29.1 Å². The van der Waals surface area contributed by atoms with Crippen molar-refractivity contribution in [3.05, 3.63) is 36.3 Å². The normalized spacial score (nSPS) is 24.6. The van der Waals surface area contributed by atoms with E-state index in [0.29, 0.717) is 0 Å². The number of rotatable bonds is 3. The van der Waals surface area contributed by atoms with Gasteiger partial charge < -0.3 is 19.0 Å². The molecule has 1 aliphatic carbocycles. The van der Waals surface area contributed by atoms with Crippen LogP contribution in [0.4, 0.5) is 4.79 Å². The predicted octanol–water partition coefficient (Wildman–Crippen LogP) is 4.84. The van der Waals surface area contributed by atoms with E-state index in [9.17, 15) is 4.79 Å². The van der Waals surface area contributed by atoms with Gasteiger partial charge in [-0.05, 0) is 84.2 Å². The monoisotopic (exact) mass is 465 g/mol. The maximum atomic E-state index is 12.9. The highest BCUT2D eigenvalue weighted by Crippen LogP contribution is 2.58. The van der Waals surface area contributed by atoms with Gasteiger partial charge in [-0.2, -0.15) is 0 Å². The van der Waals surface area contributed by atoms with Crippen LogP contribution in [0, 0.1) is 5.41 Å². The van der Waals surface area contributed by atoms with E-state index in [-0.39, 0.29) is 35.9 Å². The summed E-state index contributed by atoms with van der Waals surface area (Å²) in [5.74, 6) is 0.819. The van der Waals surface area contributed by atoms with Crippen molar-refractivity contribution in [2.45, 2.75) is 90.6 Å². The molecule has 0 bridgehead atoms. The molecule has 8 heteroatoms. The third-order valence-corrected chi connectivity index (χ3v) is 7.75. The Bertz CT molecular complexity index is 1070. The zero-order valence-corrected chi connectivity index (χ0v) is 21.4. The fourth-order valence-electron chi connectivity index (χ4n) is 4.80. The lowest BCUT2D eigenvalue weighted by molar-refractivity contribution is 0.00578. The second-order valence-electron chi connectivity index (χ2n) is 12.2. The standard InChI is InChI=1S/C26H36BN3O4/c1-23(2,3)32-22(31)30-16-26(12-13-26)14-20(30)21-28-15-19(29-21)17-8-10-18(11-9-17)27-33-24(4,5)25(6,7)34-27/h8-11,15,20H,12-14,16H2,1-7H3,(H,28,29). The zero-order valence-electron chi connectivity index (χ0n) is 21.4. The highest BCUT2D eigenvalue weighted by molar-refractivity contribution is 6.62. The molecule has 1 saturated carbocycles. The maximum Gasteiger partial charge on any atom is 0.494 e. The van der Waals surface area contributed by atoms with Crippen LogP contribution in [0.15, 0.2) is 30.5 Å². The number of aromatic nitrogens is 2. The molecule has 1 atom stereocenters. The summed E-state index contributed by atoms with van der Waals surface area (Å²) in [6, 6.07) is 8.11. The van der Waals surface area contributed by atoms with Crippen molar-refractivity contribution in [2.75, 3.05) is 6.54 Å². The first-order chi connectivity index (χ1) is 15.8. The molecule has 5 rings (SSSR count). The number of aromatic amines is 1. The average Bonchev–Trinajstić information content (AvgIpc) is 3.06. The maximum absolute atomic E-state index is 12.9. The second kappa shape index (κ2) is 7.59. The Morgan fingerprint density at radius 3 is 2.29 bits per heavy atom. The van der Waals surface area contributed by atoms with Crippen LogP contribution in [0.3, 0.4) is 0 Å². The van der Waals surface area contributed by atoms with Gasteiger partial charge in [-0.15, -0.1) is 0 Å². The van der Waals surface area contributed by atoms with E-state index >= 15 is 0 Å². The molecule has 182 valence electrons. The first-order valence-electron chi connectivity index (χ1n) is 12.3. The summed E-state index contributed by atoms with van der Waals surface area (Å²) >= 11 is 0. The number of hydrogen-bond acceptors (Lipinski definition) is 5. The molecule has 3 fully saturated rings. The molecule has 1 spiro atoms. The van der Waals surface area contributed by atoms with E-state index in [4.69, 9.17) is 14.0 Å². The van der Waals surface area contributed by atoms with Crippen LogP contribution in [-0.2, 0) is 14.0 Å². The smallest absolute Gasteiger partial charge is 0.444 e. The Kier molecular flexibility index (Phi) is 5.23. The molecule has 1 amide bonds. The second-order valence-corrected chi connectivity index (χ2v) is 12.2. The van der Waals surface area contributed by atoms with Gasteiger partial charge in [0, 0.05) is 6.54 Å². The summed E-state index contributed by atoms with van der Waals surface area (Å²) in [7, 11) is -0.382. The number of carbonyl (C=O) groups is 1. The fraction of sp³-hybridized carbons (Fsp3) is 0.615. The molecule has 2 saturated heterocycles. The van der Waals surface area contributed by atoms with Gasteiger partial charge in [0.1, 0.15) is 11.4 Å². The summed E-state index contributed by atoms with van der Waals surface area (Å²) in [5, 5.41) is 0. The van der Waals surface area contributed by atoms with E-state index in [1.807, 2.05) is 44.0 Å². The molecule has 0 radical (unpaired) electrons. The van der Waals surface area contributed by atoms with Crippen molar-refractivity contribution in [3.63, 3.8) is 0 Å². The van der Waals surface area contributed by atoms with Crippen molar-refractivity contribution in [1.82, 2.24) is 14.9 Å². The SMILES string of the molecule is CC(C)(C)OC(=O)N1CC2(CC2)CC1c1ncc(-c2ccc(B3OC(C)(C)C(C)(C)O3)cc2)[nH]1. The third-order valence-electron chi connectivity index (χ3n) is 7.75. The van der Waals surface area contributed by atoms with Crippen LogP contribution in [0.5, 0.6) is 0 Å². The molecule has 34 heavy (non-hydrogen) atoms. The average molecular weight is 465 g/mol. The van der Waals surface area contributed by atoms with Crippen LogP contribution in [0.25, 0.3) is 11.3 Å². The molecule has 3 aliphatic rings. The Morgan fingerprint density at radius 1 is 1.12 bits per heavy atom. The Balaban J connectivity index is 1.33. The summed E-state index contributed by atoms with van der Waals surface area (Å²) in [4.78, 5) is 23.0. The minimum Gasteiger partial charge on any atom is -0.444 e. The quantitative estimate of drug-likeness (QED) is 0.657. The molecule has 1 N–H and O–H groups in total. The van der Waals surface area contributed by atoms with Crippen molar-refractivity contribution in [1.29, 1.82) is 0 Å². The predicted molar refractivity (Wildman–Crippen MR) is 132 cm³/mol. The van der Waals surface area contributed by atoms with Crippen LogP contribution >= 0.6 is 0 Å². The van der Waals surface area contributed by atoms with Crippen LogP contribution < -0.4 is 5.46 Å². The fourth-order valence-corrected chi connectivity index (χ4v) is 4.80. The zero-order chi connectivity index (χ0) is 24.5. The molecular formula is C26H36BN3O4. The first-order valence-corrected chi connectivity index (χ1v) is 12.3. The molecule has 1 aromatic heterocycles. The van der Waals surface area contributed by atoms with Crippen LogP contribution in [0.2, 0.25) is 0 Å². The van der Waals surface area contributed by atoms with Crippen molar-refractivity contribution in [2.24, 2.45) is 5.41 Å². The Hall–Kier alpha value is -2.32. The molecule has 1 unspecified atom stereocenters. The van der Waals surface area contributed by atoms with Gasteiger partial charge in [-0.25, -0.2) is 9.78 Å². The Morgan fingerprint density at radius 2 is 1.74 bits per heavy atom. The minimum absolute atomic E-state index is 0.0878. The van der Waals surface area contributed by atoms with Crippen LogP contribution in [0.1, 0.15) is 79.6 Å². The molecule has 2 aliphatic heterocycles. The lowest BCUT2D eigenvalue weighted by atomic mass is 9.79. The minimum atomic E-state index is -0.520.